The maximum Gasteiger partial charge on any atom is 0.127 e. The molecule has 1 atom stereocenters. The summed E-state index contributed by atoms with van der Waals surface area (Å²) in [5.41, 5.74) is 1.25. The number of hydrogen-bond acceptors (Lipinski definition) is 4. The van der Waals surface area contributed by atoms with Crippen molar-refractivity contribution in [2.45, 2.75) is 32.7 Å². The third-order valence-electron chi connectivity index (χ3n) is 3.33. The van der Waals surface area contributed by atoms with Gasteiger partial charge in [-0.25, -0.2) is 4.98 Å². The molecule has 1 aromatic rings. The zero-order chi connectivity index (χ0) is 12.8. The van der Waals surface area contributed by atoms with E-state index in [4.69, 9.17) is 4.74 Å². The van der Waals surface area contributed by atoms with E-state index >= 15 is 0 Å². The molecule has 4 heteroatoms. The van der Waals surface area contributed by atoms with Gasteiger partial charge in [-0.15, -0.1) is 0 Å². The lowest BCUT2D eigenvalue weighted by Gasteiger charge is -2.37. The van der Waals surface area contributed by atoms with E-state index < -0.39 is 0 Å². The molecule has 1 saturated heterocycles. The number of rotatable bonds is 5. The molecule has 1 aromatic heterocycles. The van der Waals surface area contributed by atoms with Crippen molar-refractivity contribution >= 4 is 11.5 Å². The Hall–Kier alpha value is -1.29. The highest BCUT2D eigenvalue weighted by Gasteiger charge is 2.21. The summed E-state index contributed by atoms with van der Waals surface area (Å²) in [4.78, 5) is 6.79. The lowest BCUT2D eigenvalue weighted by atomic mass is 10.1. The van der Waals surface area contributed by atoms with Crippen LogP contribution in [-0.4, -0.2) is 37.3 Å². The molecule has 1 fully saturated rings. The maximum absolute atomic E-state index is 5.55. The molecule has 4 nitrogen and oxygen atoms in total. The summed E-state index contributed by atoms with van der Waals surface area (Å²) in [7, 11) is 0. The normalized spacial score (nSPS) is 19.9. The Morgan fingerprint density at radius 3 is 3.17 bits per heavy atom. The highest BCUT2D eigenvalue weighted by molar-refractivity contribution is 5.54. The number of nitrogens with one attached hydrogen (secondary N) is 1. The molecule has 100 valence electrons. The lowest BCUT2D eigenvalue weighted by molar-refractivity contribution is 0.0930. The molecule has 0 aromatic carbocycles. The number of morpholine rings is 1. The molecule has 1 N–H and O–H groups in total. The second kappa shape index (κ2) is 6.59. The van der Waals surface area contributed by atoms with Crippen molar-refractivity contribution in [2.24, 2.45) is 0 Å². The van der Waals surface area contributed by atoms with Crippen molar-refractivity contribution in [1.29, 1.82) is 0 Å². The topological polar surface area (TPSA) is 37.4 Å². The van der Waals surface area contributed by atoms with Gasteiger partial charge in [0.25, 0.3) is 0 Å². The van der Waals surface area contributed by atoms with Crippen LogP contribution in [0.25, 0.3) is 0 Å². The minimum Gasteiger partial charge on any atom is -0.377 e. The second-order valence-electron chi connectivity index (χ2n) is 4.66. The van der Waals surface area contributed by atoms with Crippen LogP contribution in [-0.2, 0) is 4.74 Å². The monoisotopic (exact) mass is 249 g/mol. The Kier molecular flexibility index (Phi) is 4.81. The Morgan fingerprint density at radius 1 is 1.50 bits per heavy atom. The van der Waals surface area contributed by atoms with Crippen molar-refractivity contribution < 1.29 is 4.74 Å². The molecule has 2 rings (SSSR count). The average Bonchev–Trinajstić information content (AvgIpc) is 2.45. The summed E-state index contributed by atoms with van der Waals surface area (Å²) >= 11 is 0. The fourth-order valence-corrected chi connectivity index (χ4v) is 2.28. The number of ether oxygens (including phenoxy) is 1. The van der Waals surface area contributed by atoms with Crippen molar-refractivity contribution in [3.05, 3.63) is 18.3 Å². The predicted molar refractivity (Wildman–Crippen MR) is 75.3 cm³/mol. The fourth-order valence-electron chi connectivity index (χ4n) is 2.28. The number of hydrogen-bond donors (Lipinski definition) is 1. The molecule has 1 aliphatic heterocycles. The van der Waals surface area contributed by atoms with E-state index in [0.29, 0.717) is 6.04 Å². The van der Waals surface area contributed by atoms with E-state index in [2.05, 4.69) is 41.2 Å². The summed E-state index contributed by atoms with van der Waals surface area (Å²) in [5.74, 6) is 0.968. The molecule has 0 aliphatic carbocycles. The van der Waals surface area contributed by atoms with Crippen LogP contribution in [0, 0.1) is 0 Å². The number of pyridine rings is 1. The van der Waals surface area contributed by atoms with Crippen LogP contribution >= 0.6 is 0 Å². The Labute approximate surface area is 109 Å². The molecule has 1 unspecified atom stereocenters. The van der Waals surface area contributed by atoms with E-state index in [0.717, 1.165) is 45.0 Å². The van der Waals surface area contributed by atoms with E-state index in [1.165, 1.54) is 5.69 Å². The summed E-state index contributed by atoms with van der Waals surface area (Å²) in [6.45, 7) is 7.95. The highest BCUT2D eigenvalue weighted by Crippen LogP contribution is 2.23. The SMILES string of the molecule is CCCNc1cc(N2CCOCC2CC)ccn1. The van der Waals surface area contributed by atoms with Gasteiger partial charge in [0.2, 0.25) is 0 Å². The van der Waals surface area contributed by atoms with Crippen LogP contribution < -0.4 is 10.2 Å². The first-order chi connectivity index (χ1) is 8.85. The van der Waals surface area contributed by atoms with E-state index in [9.17, 15) is 0 Å². The van der Waals surface area contributed by atoms with Gasteiger partial charge in [0, 0.05) is 31.0 Å². The minimum absolute atomic E-state index is 0.486. The number of aromatic nitrogens is 1. The first kappa shape index (κ1) is 13.1. The Morgan fingerprint density at radius 2 is 2.39 bits per heavy atom. The third kappa shape index (κ3) is 3.13. The van der Waals surface area contributed by atoms with Crippen LogP contribution in [0.5, 0.6) is 0 Å². The van der Waals surface area contributed by atoms with Gasteiger partial charge in [-0.1, -0.05) is 13.8 Å². The van der Waals surface area contributed by atoms with Gasteiger partial charge in [-0.3, -0.25) is 0 Å². The Balaban J connectivity index is 2.10. The van der Waals surface area contributed by atoms with Gasteiger partial charge >= 0.3 is 0 Å². The van der Waals surface area contributed by atoms with Gasteiger partial charge in [0.05, 0.1) is 19.3 Å². The highest BCUT2D eigenvalue weighted by atomic mass is 16.5. The van der Waals surface area contributed by atoms with E-state index in [1.54, 1.807) is 0 Å². The summed E-state index contributed by atoms with van der Waals surface area (Å²) in [6, 6.07) is 4.72. The van der Waals surface area contributed by atoms with Gasteiger partial charge in [-0.05, 0) is 18.9 Å². The molecule has 0 amide bonds. The van der Waals surface area contributed by atoms with Crippen molar-refractivity contribution in [1.82, 2.24) is 4.98 Å². The van der Waals surface area contributed by atoms with E-state index in [-0.39, 0.29) is 0 Å². The first-order valence-electron chi connectivity index (χ1n) is 6.89. The number of anilines is 2. The van der Waals surface area contributed by atoms with Crippen molar-refractivity contribution in [2.75, 3.05) is 36.5 Å². The molecule has 18 heavy (non-hydrogen) atoms. The smallest absolute Gasteiger partial charge is 0.127 e. The van der Waals surface area contributed by atoms with Gasteiger partial charge in [-0.2, -0.15) is 0 Å². The molecular formula is C14H23N3O. The summed E-state index contributed by atoms with van der Waals surface area (Å²) < 4.78 is 5.55. The zero-order valence-electron chi connectivity index (χ0n) is 11.4. The summed E-state index contributed by atoms with van der Waals surface area (Å²) in [6.07, 6.45) is 4.11. The van der Waals surface area contributed by atoms with Crippen molar-refractivity contribution in [3.63, 3.8) is 0 Å². The van der Waals surface area contributed by atoms with Gasteiger partial charge in [0.1, 0.15) is 5.82 Å². The average molecular weight is 249 g/mol. The molecule has 0 spiro atoms. The largest absolute Gasteiger partial charge is 0.377 e. The number of nitrogens with zero attached hydrogens (tertiary/aromatic N) is 2. The van der Waals surface area contributed by atoms with Crippen LogP contribution in [0.1, 0.15) is 26.7 Å². The first-order valence-corrected chi connectivity index (χ1v) is 6.89. The molecular weight excluding hydrogens is 226 g/mol. The quantitative estimate of drug-likeness (QED) is 0.870. The standard InChI is InChI=1S/C14H23N3O/c1-3-6-15-14-10-13(5-7-16-14)17-8-9-18-11-12(17)4-2/h5,7,10,12H,3-4,6,8-9,11H2,1-2H3,(H,15,16). The third-order valence-corrected chi connectivity index (χ3v) is 3.33. The summed E-state index contributed by atoms with van der Waals surface area (Å²) in [5, 5.41) is 3.34. The minimum atomic E-state index is 0.486. The van der Waals surface area contributed by atoms with Gasteiger partial charge in [0.15, 0.2) is 0 Å². The predicted octanol–water partition coefficient (Wildman–Crippen LogP) is 2.52. The zero-order valence-corrected chi connectivity index (χ0v) is 11.4. The molecule has 1 aliphatic rings. The Bertz CT molecular complexity index is 370. The maximum atomic E-state index is 5.55. The van der Waals surface area contributed by atoms with Crippen molar-refractivity contribution in [3.8, 4) is 0 Å². The molecule has 0 bridgehead atoms. The lowest BCUT2D eigenvalue weighted by Crippen LogP contribution is -2.45. The van der Waals surface area contributed by atoms with Crippen LogP contribution in [0.15, 0.2) is 18.3 Å². The second-order valence-corrected chi connectivity index (χ2v) is 4.66. The fraction of sp³-hybridized carbons (Fsp3) is 0.643. The molecule has 0 radical (unpaired) electrons. The van der Waals surface area contributed by atoms with Crippen LogP contribution in [0.4, 0.5) is 11.5 Å². The van der Waals surface area contributed by atoms with Gasteiger partial charge < -0.3 is 15.0 Å². The molecule has 0 saturated carbocycles. The van der Waals surface area contributed by atoms with E-state index in [1.807, 2.05) is 6.20 Å². The molecule has 2 heterocycles. The van der Waals surface area contributed by atoms with Crippen LogP contribution in [0.3, 0.4) is 0 Å². The van der Waals surface area contributed by atoms with Crippen LogP contribution in [0.2, 0.25) is 0 Å².